The van der Waals surface area contributed by atoms with Crippen LogP contribution in [0.1, 0.15) is 26.4 Å². The van der Waals surface area contributed by atoms with Crippen LogP contribution in [0.3, 0.4) is 0 Å². The molecule has 1 aromatic carbocycles. The van der Waals surface area contributed by atoms with Crippen molar-refractivity contribution in [3.63, 3.8) is 0 Å². The Balaban J connectivity index is 1.71. The number of aromatic nitrogens is 5. The summed E-state index contributed by atoms with van der Waals surface area (Å²) in [7, 11) is 0. The van der Waals surface area contributed by atoms with Gasteiger partial charge in [-0.05, 0) is 16.4 Å². The number of amides is 1. The number of hydrogen-bond donors (Lipinski definition) is 3. The minimum atomic E-state index is -1.10. The van der Waals surface area contributed by atoms with E-state index in [4.69, 9.17) is 10.8 Å². The molecule has 0 atom stereocenters. The lowest BCUT2D eigenvalue weighted by molar-refractivity contribution is 0.0696. The highest BCUT2D eigenvalue weighted by Crippen LogP contribution is 2.10. The Hall–Kier alpha value is -4.09. The fourth-order valence-corrected chi connectivity index (χ4v) is 1.84. The van der Waals surface area contributed by atoms with E-state index >= 15 is 0 Å². The molecule has 0 unspecified atom stereocenters. The maximum Gasteiger partial charge on any atom is 0.336 e. The molecular weight excluding hydrogens is 332 g/mol. The first kappa shape index (κ1) is 15.8. The Kier molecular flexibility index (Phi) is 4.15. The van der Waals surface area contributed by atoms with Crippen LogP contribution in [0.25, 0.3) is 5.82 Å². The number of hydrazone groups is 1. The molecule has 0 radical (unpaired) electrons. The minimum absolute atomic E-state index is 0.0137. The molecule has 3 rings (SSSR count). The molecule has 2 heterocycles. The number of anilines is 1. The lowest BCUT2D eigenvalue weighted by atomic mass is 10.1. The molecule has 0 bridgehead atoms. The average molecular weight is 342 g/mol. The lowest BCUT2D eigenvalue weighted by Gasteiger charge is -1.99. The quantitative estimate of drug-likeness (QED) is 0.415. The van der Waals surface area contributed by atoms with Crippen LogP contribution in [-0.2, 0) is 0 Å². The predicted octanol–water partition coefficient (Wildman–Crippen LogP) is -0.305. The Morgan fingerprint density at radius 3 is 2.84 bits per heavy atom. The summed E-state index contributed by atoms with van der Waals surface area (Å²) in [5.41, 5.74) is 8.06. The average Bonchev–Trinajstić information content (AvgIpc) is 3.23. The number of aromatic carboxylic acids is 1. The number of nitrogen functional groups attached to an aromatic ring is 1. The number of carboxylic acid groups (broad SMARTS) is 1. The van der Waals surface area contributed by atoms with Crippen LogP contribution in [0.4, 0.5) is 5.82 Å². The molecule has 3 aromatic rings. The number of benzene rings is 1. The van der Waals surface area contributed by atoms with Gasteiger partial charge < -0.3 is 10.8 Å². The topological polar surface area (TPSA) is 174 Å². The van der Waals surface area contributed by atoms with Gasteiger partial charge >= 0.3 is 5.97 Å². The normalized spacial score (nSPS) is 10.9. The van der Waals surface area contributed by atoms with Crippen LogP contribution in [0, 0.1) is 0 Å². The molecule has 0 spiro atoms. The van der Waals surface area contributed by atoms with Gasteiger partial charge in [0, 0.05) is 5.56 Å². The molecule has 12 nitrogen and oxygen atoms in total. The fourth-order valence-electron chi connectivity index (χ4n) is 1.84. The standard InChI is InChI=1S/C13H10N8O4/c14-10-11(19-25-18-10)21-6-9(16-20-21)12(22)17-15-5-7-3-1-2-4-8(7)13(23)24/h1-6H,(H2,14,18)(H,17,22)(H,23,24). The van der Waals surface area contributed by atoms with E-state index in [2.05, 4.69) is 35.8 Å². The number of carboxylic acids is 1. The molecule has 12 heteroatoms. The van der Waals surface area contributed by atoms with Gasteiger partial charge in [-0.2, -0.15) is 9.78 Å². The number of nitrogens with two attached hydrogens (primary N) is 1. The summed E-state index contributed by atoms with van der Waals surface area (Å²) in [6.45, 7) is 0. The van der Waals surface area contributed by atoms with Crippen LogP contribution in [0.15, 0.2) is 40.2 Å². The molecule has 2 aromatic heterocycles. The van der Waals surface area contributed by atoms with E-state index in [0.29, 0.717) is 5.56 Å². The molecule has 0 saturated heterocycles. The van der Waals surface area contributed by atoms with Crippen molar-refractivity contribution in [1.29, 1.82) is 0 Å². The molecule has 0 aliphatic heterocycles. The van der Waals surface area contributed by atoms with E-state index in [-0.39, 0.29) is 22.9 Å². The van der Waals surface area contributed by atoms with E-state index in [1.165, 1.54) is 18.5 Å². The summed E-state index contributed by atoms with van der Waals surface area (Å²) in [5.74, 6) is -1.69. The number of carbonyl (C=O) groups is 2. The summed E-state index contributed by atoms with van der Waals surface area (Å²) in [4.78, 5) is 23.1. The van der Waals surface area contributed by atoms with Gasteiger partial charge in [-0.15, -0.1) is 5.10 Å². The summed E-state index contributed by atoms with van der Waals surface area (Å²) >= 11 is 0. The molecular formula is C13H10N8O4. The minimum Gasteiger partial charge on any atom is -0.478 e. The lowest BCUT2D eigenvalue weighted by Crippen LogP contribution is -2.18. The highest BCUT2D eigenvalue weighted by Gasteiger charge is 2.15. The SMILES string of the molecule is Nc1nonc1-n1cc(C(=O)NN=Cc2ccccc2C(=O)O)nn1. The van der Waals surface area contributed by atoms with E-state index in [1.807, 2.05) is 0 Å². The number of nitrogens with one attached hydrogen (secondary N) is 1. The second kappa shape index (κ2) is 6.57. The zero-order valence-corrected chi connectivity index (χ0v) is 12.4. The third-order valence-electron chi connectivity index (χ3n) is 3.00. The molecule has 25 heavy (non-hydrogen) atoms. The number of hydrogen-bond acceptors (Lipinski definition) is 9. The highest BCUT2D eigenvalue weighted by molar-refractivity contribution is 5.99. The van der Waals surface area contributed by atoms with E-state index in [9.17, 15) is 9.59 Å². The summed E-state index contributed by atoms with van der Waals surface area (Å²) in [5, 5.41) is 27.0. The Bertz CT molecular complexity index is 960. The molecule has 4 N–H and O–H groups in total. The van der Waals surface area contributed by atoms with Crippen molar-refractivity contribution in [1.82, 2.24) is 30.7 Å². The van der Waals surface area contributed by atoms with E-state index in [1.54, 1.807) is 18.2 Å². The maximum absolute atomic E-state index is 12.0. The first-order valence-corrected chi connectivity index (χ1v) is 6.72. The zero-order chi connectivity index (χ0) is 17.8. The van der Waals surface area contributed by atoms with Crippen molar-refractivity contribution in [2.75, 3.05) is 5.73 Å². The van der Waals surface area contributed by atoms with Gasteiger partial charge in [0.25, 0.3) is 5.91 Å². The van der Waals surface area contributed by atoms with Crippen molar-refractivity contribution < 1.29 is 19.3 Å². The molecule has 0 saturated carbocycles. The van der Waals surface area contributed by atoms with Gasteiger partial charge in [-0.25, -0.2) is 14.8 Å². The monoisotopic (exact) mass is 342 g/mol. The van der Waals surface area contributed by atoms with Gasteiger partial charge in [0.2, 0.25) is 11.6 Å². The third-order valence-corrected chi connectivity index (χ3v) is 3.00. The first-order chi connectivity index (χ1) is 12.1. The first-order valence-electron chi connectivity index (χ1n) is 6.72. The van der Waals surface area contributed by atoms with Crippen LogP contribution in [0.2, 0.25) is 0 Å². The summed E-state index contributed by atoms with van der Waals surface area (Å²) < 4.78 is 5.54. The molecule has 1 amide bonds. The van der Waals surface area contributed by atoms with Crippen molar-refractivity contribution in [3.05, 3.63) is 47.3 Å². The molecule has 0 aliphatic rings. The van der Waals surface area contributed by atoms with E-state index < -0.39 is 11.9 Å². The van der Waals surface area contributed by atoms with Gasteiger partial charge in [-0.1, -0.05) is 23.4 Å². The Morgan fingerprint density at radius 2 is 2.12 bits per heavy atom. The van der Waals surface area contributed by atoms with Gasteiger partial charge in [0.15, 0.2) is 5.69 Å². The van der Waals surface area contributed by atoms with Crippen LogP contribution in [-0.4, -0.2) is 48.5 Å². The second-order valence-corrected chi connectivity index (χ2v) is 4.61. The van der Waals surface area contributed by atoms with E-state index in [0.717, 1.165) is 4.68 Å². The Labute approximate surface area is 138 Å². The number of carbonyl (C=O) groups excluding carboxylic acids is 1. The third kappa shape index (κ3) is 3.31. The van der Waals surface area contributed by atoms with Crippen LogP contribution in [0.5, 0.6) is 0 Å². The van der Waals surface area contributed by atoms with Crippen molar-refractivity contribution in [3.8, 4) is 5.82 Å². The van der Waals surface area contributed by atoms with Crippen LogP contribution < -0.4 is 11.2 Å². The van der Waals surface area contributed by atoms with Gasteiger partial charge in [0.1, 0.15) is 0 Å². The van der Waals surface area contributed by atoms with Crippen molar-refractivity contribution >= 4 is 23.9 Å². The smallest absolute Gasteiger partial charge is 0.336 e. The molecule has 126 valence electrons. The van der Waals surface area contributed by atoms with Gasteiger partial charge in [-0.3, -0.25) is 4.79 Å². The fraction of sp³-hybridized carbons (Fsp3) is 0. The van der Waals surface area contributed by atoms with Crippen molar-refractivity contribution in [2.24, 2.45) is 5.10 Å². The van der Waals surface area contributed by atoms with Crippen molar-refractivity contribution in [2.45, 2.75) is 0 Å². The van der Waals surface area contributed by atoms with Gasteiger partial charge in [0.05, 0.1) is 18.0 Å². The predicted molar refractivity (Wildman–Crippen MR) is 82.1 cm³/mol. The number of nitrogens with zero attached hydrogens (tertiary/aromatic N) is 6. The summed E-state index contributed by atoms with van der Waals surface area (Å²) in [6, 6.07) is 6.21. The largest absolute Gasteiger partial charge is 0.478 e. The highest BCUT2D eigenvalue weighted by atomic mass is 16.6. The second-order valence-electron chi connectivity index (χ2n) is 4.61. The summed E-state index contributed by atoms with van der Waals surface area (Å²) in [6.07, 6.45) is 2.47. The number of rotatable bonds is 5. The maximum atomic E-state index is 12.0. The molecule has 0 fully saturated rings. The molecule has 0 aliphatic carbocycles. The van der Waals surface area contributed by atoms with Crippen LogP contribution >= 0.6 is 0 Å². The zero-order valence-electron chi connectivity index (χ0n) is 12.4. The Morgan fingerprint density at radius 1 is 1.32 bits per heavy atom.